The molecule has 2 aromatic rings. The lowest BCUT2D eigenvalue weighted by Gasteiger charge is -2.08. The molecule has 0 nitrogen and oxygen atoms in total. The zero-order valence-electron chi connectivity index (χ0n) is 9.31. The van der Waals surface area contributed by atoms with Crippen molar-refractivity contribution in [3.63, 3.8) is 0 Å². The van der Waals surface area contributed by atoms with Crippen molar-refractivity contribution in [2.45, 2.75) is 13.3 Å². The van der Waals surface area contributed by atoms with Crippen molar-refractivity contribution < 1.29 is 13.2 Å². The number of aryl methyl sites for hydroxylation is 1. The Kier molecular flexibility index (Phi) is 3.18. The second-order valence-corrected chi connectivity index (χ2v) is 3.76. The van der Waals surface area contributed by atoms with Gasteiger partial charge in [0.2, 0.25) is 0 Å². The van der Waals surface area contributed by atoms with E-state index in [4.69, 9.17) is 0 Å². The maximum atomic E-state index is 13.1. The molecule has 0 radical (unpaired) electrons. The molecule has 0 N–H and O–H groups in total. The number of halogens is 3. The summed E-state index contributed by atoms with van der Waals surface area (Å²) in [5.74, 6) is -3.75. The molecule has 0 aromatic heterocycles. The molecule has 0 spiro atoms. The second kappa shape index (κ2) is 4.62. The van der Waals surface area contributed by atoms with E-state index >= 15 is 0 Å². The maximum Gasteiger partial charge on any atom is 0.194 e. The van der Waals surface area contributed by atoms with Crippen LogP contribution in [-0.4, -0.2) is 0 Å². The Labute approximate surface area is 97.7 Å². The largest absolute Gasteiger partial charge is 0.204 e. The lowest BCUT2D eigenvalue weighted by molar-refractivity contribution is 0.447. The van der Waals surface area contributed by atoms with E-state index in [1.54, 1.807) is 12.1 Å². The molecule has 3 heteroatoms. The van der Waals surface area contributed by atoms with E-state index < -0.39 is 17.5 Å². The molecule has 17 heavy (non-hydrogen) atoms. The molecule has 0 aliphatic carbocycles. The van der Waals surface area contributed by atoms with Gasteiger partial charge in [-0.05, 0) is 35.2 Å². The van der Waals surface area contributed by atoms with Gasteiger partial charge in [-0.25, -0.2) is 13.2 Å². The molecule has 0 unspecified atom stereocenters. The van der Waals surface area contributed by atoms with Crippen LogP contribution in [0, 0.1) is 17.5 Å². The van der Waals surface area contributed by atoms with E-state index in [1.807, 2.05) is 19.1 Å². The molecule has 88 valence electrons. The average molecular weight is 236 g/mol. The number of hydrogen-bond acceptors (Lipinski definition) is 0. The van der Waals surface area contributed by atoms with Crippen LogP contribution in [0.25, 0.3) is 11.1 Å². The van der Waals surface area contributed by atoms with Crippen LogP contribution in [0.2, 0.25) is 0 Å². The molecule has 0 aliphatic rings. The molecule has 2 rings (SSSR count). The normalized spacial score (nSPS) is 10.6. The van der Waals surface area contributed by atoms with Gasteiger partial charge in [0.1, 0.15) is 0 Å². The molecule has 0 amide bonds. The van der Waals surface area contributed by atoms with Crippen LogP contribution in [0.15, 0.2) is 36.4 Å². The Hall–Kier alpha value is -1.77. The molecule has 0 heterocycles. The molecule has 0 bridgehead atoms. The average Bonchev–Trinajstić information content (AvgIpc) is 2.35. The highest BCUT2D eigenvalue weighted by molar-refractivity contribution is 5.67. The van der Waals surface area contributed by atoms with Crippen molar-refractivity contribution in [3.05, 3.63) is 59.4 Å². The summed E-state index contributed by atoms with van der Waals surface area (Å²) >= 11 is 0. The number of hydrogen-bond donors (Lipinski definition) is 0. The lowest BCUT2D eigenvalue weighted by atomic mass is 9.98. The van der Waals surface area contributed by atoms with Crippen molar-refractivity contribution in [2.24, 2.45) is 0 Å². The van der Waals surface area contributed by atoms with Crippen molar-refractivity contribution in [3.8, 4) is 11.1 Å². The first-order valence-electron chi connectivity index (χ1n) is 5.36. The van der Waals surface area contributed by atoms with Gasteiger partial charge in [0.25, 0.3) is 0 Å². The van der Waals surface area contributed by atoms with Crippen molar-refractivity contribution in [2.75, 3.05) is 0 Å². The summed E-state index contributed by atoms with van der Waals surface area (Å²) in [6.07, 6.45) is 0.747. The van der Waals surface area contributed by atoms with E-state index in [9.17, 15) is 13.2 Å². The van der Waals surface area contributed by atoms with Gasteiger partial charge < -0.3 is 0 Å². The zero-order chi connectivity index (χ0) is 12.4. The minimum Gasteiger partial charge on any atom is -0.204 e. The summed E-state index contributed by atoms with van der Waals surface area (Å²) in [4.78, 5) is 0. The SMILES string of the molecule is CCc1ccccc1-c1cc(F)c(F)c(F)c1. The standard InChI is InChI=1S/C14H11F3/c1-2-9-5-3-4-6-11(9)10-7-12(15)14(17)13(16)8-10/h3-8H,2H2,1H3. The highest BCUT2D eigenvalue weighted by atomic mass is 19.2. The lowest BCUT2D eigenvalue weighted by Crippen LogP contribution is -1.94. The molecule has 0 saturated heterocycles. The van der Waals surface area contributed by atoms with E-state index in [0.29, 0.717) is 5.56 Å². The first kappa shape index (κ1) is 11.7. The third-order valence-electron chi connectivity index (χ3n) is 2.69. The van der Waals surface area contributed by atoms with Crippen LogP contribution in [-0.2, 0) is 6.42 Å². The fourth-order valence-electron chi connectivity index (χ4n) is 1.82. The van der Waals surface area contributed by atoms with Gasteiger partial charge in [-0.15, -0.1) is 0 Å². The van der Waals surface area contributed by atoms with Gasteiger partial charge in [0.15, 0.2) is 17.5 Å². The molecule has 0 fully saturated rings. The van der Waals surface area contributed by atoms with Gasteiger partial charge in [-0.1, -0.05) is 31.2 Å². The smallest absolute Gasteiger partial charge is 0.194 e. The van der Waals surface area contributed by atoms with Gasteiger partial charge in [-0.2, -0.15) is 0 Å². The molecule has 0 aliphatic heterocycles. The Balaban J connectivity index is 2.61. The molecular formula is C14H11F3. The predicted octanol–water partition coefficient (Wildman–Crippen LogP) is 4.33. The maximum absolute atomic E-state index is 13.1. The summed E-state index contributed by atoms with van der Waals surface area (Å²) in [5, 5.41) is 0. The Morgan fingerprint density at radius 3 is 2.12 bits per heavy atom. The molecule has 0 saturated carbocycles. The summed E-state index contributed by atoms with van der Waals surface area (Å²) in [5.41, 5.74) is 2.06. The Bertz CT molecular complexity index is 524. The summed E-state index contributed by atoms with van der Waals surface area (Å²) < 4.78 is 39.2. The van der Waals surface area contributed by atoms with Gasteiger partial charge >= 0.3 is 0 Å². The van der Waals surface area contributed by atoms with Crippen LogP contribution in [0.5, 0.6) is 0 Å². The van der Waals surface area contributed by atoms with Gasteiger partial charge in [-0.3, -0.25) is 0 Å². The van der Waals surface area contributed by atoms with Crippen molar-refractivity contribution >= 4 is 0 Å². The Morgan fingerprint density at radius 1 is 0.941 bits per heavy atom. The quantitative estimate of drug-likeness (QED) is 0.681. The molecule has 0 atom stereocenters. The minimum atomic E-state index is -1.43. The fraction of sp³-hybridized carbons (Fsp3) is 0.143. The van der Waals surface area contributed by atoms with Crippen LogP contribution < -0.4 is 0 Å². The van der Waals surface area contributed by atoms with Crippen molar-refractivity contribution in [1.29, 1.82) is 0 Å². The van der Waals surface area contributed by atoms with Crippen LogP contribution >= 0.6 is 0 Å². The van der Waals surface area contributed by atoms with E-state index in [2.05, 4.69) is 0 Å². The minimum absolute atomic E-state index is 0.360. The first-order chi connectivity index (χ1) is 8.13. The monoisotopic (exact) mass is 236 g/mol. The van der Waals surface area contributed by atoms with Crippen LogP contribution in [0.3, 0.4) is 0 Å². The molecular weight excluding hydrogens is 225 g/mol. The summed E-state index contributed by atoms with van der Waals surface area (Å²) in [6.45, 7) is 1.95. The van der Waals surface area contributed by atoms with Crippen molar-refractivity contribution in [1.82, 2.24) is 0 Å². The number of rotatable bonds is 2. The van der Waals surface area contributed by atoms with E-state index in [1.165, 1.54) is 0 Å². The predicted molar refractivity (Wildman–Crippen MR) is 61.1 cm³/mol. The summed E-state index contributed by atoms with van der Waals surface area (Å²) in [6, 6.07) is 9.34. The Morgan fingerprint density at radius 2 is 1.53 bits per heavy atom. The topological polar surface area (TPSA) is 0 Å². The summed E-state index contributed by atoms with van der Waals surface area (Å²) in [7, 11) is 0. The number of benzene rings is 2. The molecule has 2 aromatic carbocycles. The third kappa shape index (κ3) is 2.18. The fourth-order valence-corrected chi connectivity index (χ4v) is 1.82. The van der Waals surface area contributed by atoms with Crippen LogP contribution in [0.1, 0.15) is 12.5 Å². The van der Waals surface area contributed by atoms with Crippen LogP contribution in [0.4, 0.5) is 13.2 Å². The second-order valence-electron chi connectivity index (χ2n) is 3.76. The van der Waals surface area contributed by atoms with Gasteiger partial charge in [0, 0.05) is 0 Å². The zero-order valence-corrected chi connectivity index (χ0v) is 9.31. The van der Waals surface area contributed by atoms with E-state index in [-0.39, 0.29) is 0 Å². The van der Waals surface area contributed by atoms with Gasteiger partial charge in [0.05, 0.1) is 0 Å². The third-order valence-corrected chi connectivity index (χ3v) is 2.69. The highest BCUT2D eigenvalue weighted by Gasteiger charge is 2.12. The first-order valence-corrected chi connectivity index (χ1v) is 5.36. The van der Waals surface area contributed by atoms with E-state index in [0.717, 1.165) is 29.7 Å². The highest BCUT2D eigenvalue weighted by Crippen LogP contribution is 2.27.